The van der Waals surface area contributed by atoms with E-state index in [1.54, 1.807) is 10.9 Å². The summed E-state index contributed by atoms with van der Waals surface area (Å²) >= 11 is 0. The van der Waals surface area contributed by atoms with Crippen molar-refractivity contribution in [2.75, 3.05) is 24.2 Å². The first-order chi connectivity index (χ1) is 18.8. The number of hydrogen-bond acceptors (Lipinski definition) is 6. The Morgan fingerprint density at radius 2 is 1.98 bits per heavy atom. The number of hydrogen-bond donors (Lipinski definition) is 2. The summed E-state index contributed by atoms with van der Waals surface area (Å²) in [6, 6.07) is 0.0464. The Labute approximate surface area is 224 Å². The van der Waals surface area contributed by atoms with Crippen LogP contribution in [0, 0.1) is 5.82 Å². The number of nitrogens with two attached hydrogens (primary N) is 1. The molecule has 15 heteroatoms. The first kappa shape index (κ1) is 29.1. The lowest BCUT2D eigenvalue weighted by atomic mass is 10.0. The van der Waals surface area contributed by atoms with E-state index in [0.29, 0.717) is 18.1 Å². The normalized spacial score (nSPS) is 17.1. The zero-order valence-electron chi connectivity index (χ0n) is 21.4. The quantitative estimate of drug-likeness (QED) is 0.316. The lowest BCUT2D eigenvalue weighted by Crippen LogP contribution is -2.41. The summed E-state index contributed by atoms with van der Waals surface area (Å²) in [5, 5.41) is 7.30. The number of ether oxygens (including phenoxy) is 1. The topological polar surface area (TPSA) is 115 Å². The highest BCUT2D eigenvalue weighted by atomic mass is 19.4. The molecule has 1 aliphatic heterocycles. The maximum atomic E-state index is 14.7. The van der Waals surface area contributed by atoms with Crippen molar-refractivity contribution in [1.82, 2.24) is 19.7 Å². The number of halogens is 6. The van der Waals surface area contributed by atoms with Crippen LogP contribution in [0.15, 0.2) is 30.6 Å². The third kappa shape index (κ3) is 5.42. The summed E-state index contributed by atoms with van der Waals surface area (Å²) in [7, 11) is 0. The third-order valence-corrected chi connectivity index (χ3v) is 6.73. The second-order valence-electron chi connectivity index (χ2n) is 9.28. The molecule has 2 aromatic heterocycles. The number of rotatable bonds is 6. The molecule has 0 spiro atoms. The monoisotopic (exact) mass is 572 g/mol. The molecule has 2 atom stereocenters. The Morgan fingerprint density at radius 3 is 2.58 bits per heavy atom. The summed E-state index contributed by atoms with van der Waals surface area (Å²) in [5.41, 5.74) is 4.36. The van der Waals surface area contributed by atoms with Gasteiger partial charge in [0.05, 0.1) is 23.3 Å². The van der Waals surface area contributed by atoms with Crippen LogP contribution in [0.3, 0.4) is 0 Å². The molecule has 0 bridgehead atoms. The number of likely N-dealkylation sites (N-methyl/N-ethyl adjacent to an activating group) is 1. The lowest BCUT2D eigenvalue weighted by molar-refractivity contribution is -0.289. The van der Waals surface area contributed by atoms with E-state index in [1.807, 2.05) is 0 Å². The average molecular weight is 573 g/mol. The summed E-state index contributed by atoms with van der Waals surface area (Å²) in [6.07, 6.45) is -0.828. The van der Waals surface area contributed by atoms with Gasteiger partial charge in [0.1, 0.15) is 23.4 Å². The molecule has 1 aliphatic rings. The number of pyridine rings is 1. The molecule has 40 heavy (non-hydrogen) atoms. The number of anilines is 2. The number of alkyl halides is 5. The van der Waals surface area contributed by atoms with E-state index in [0.717, 1.165) is 30.2 Å². The number of carbonyl (C=O) groups excluding carboxylic acids is 2. The summed E-state index contributed by atoms with van der Waals surface area (Å²) in [4.78, 5) is 30.9. The minimum atomic E-state index is -5.92. The molecule has 1 fully saturated rings. The highest BCUT2D eigenvalue weighted by Crippen LogP contribution is 2.44. The van der Waals surface area contributed by atoms with E-state index in [2.05, 4.69) is 15.4 Å². The fourth-order valence-electron chi connectivity index (χ4n) is 4.51. The predicted molar refractivity (Wildman–Crippen MR) is 132 cm³/mol. The van der Waals surface area contributed by atoms with Gasteiger partial charge < -0.3 is 20.7 Å². The van der Waals surface area contributed by atoms with Gasteiger partial charge in [-0.25, -0.2) is 14.1 Å². The number of nitrogen functional groups attached to an aromatic ring is 1. The maximum Gasteiger partial charge on any atom is 0.458 e. The van der Waals surface area contributed by atoms with Crippen LogP contribution in [0.5, 0.6) is 0 Å². The number of nitrogens with one attached hydrogen (secondary N) is 1. The highest BCUT2D eigenvalue weighted by molar-refractivity contribution is 6.40. The van der Waals surface area contributed by atoms with Crippen LogP contribution in [0.4, 0.5) is 37.8 Å². The molecule has 2 amide bonds. The van der Waals surface area contributed by atoms with Crippen LogP contribution in [-0.4, -0.2) is 50.8 Å². The predicted octanol–water partition coefficient (Wildman–Crippen LogP) is 5.05. The summed E-state index contributed by atoms with van der Waals surface area (Å²) in [5.74, 6) is -8.77. The molecule has 2 unspecified atom stereocenters. The molecule has 9 nitrogen and oxygen atoms in total. The van der Waals surface area contributed by atoms with E-state index in [1.165, 1.54) is 20.0 Å². The minimum absolute atomic E-state index is 0.0703. The molecular formula is C25H26F6N6O3. The third-order valence-electron chi connectivity index (χ3n) is 6.73. The number of nitrogens with zero attached hydrogens (tertiary/aromatic N) is 4. The molecular weight excluding hydrogens is 546 g/mol. The van der Waals surface area contributed by atoms with Crippen LogP contribution in [0.2, 0.25) is 0 Å². The number of aromatic nitrogens is 3. The first-order valence-corrected chi connectivity index (χ1v) is 12.4. The summed E-state index contributed by atoms with van der Waals surface area (Å²) < 4.78 is 87.4. The van der Waals surface area contributed by atoms with Gasteiger partial charge in [-0.05, 0) is 39.2 Å². The molecule has 3 aromatic rings. The maximum absolute atomic E-state index is 14.7. The van der Waals surface area contributed by atoms with Gasteiger partial charge in [0.25, 0.3) is 0 Å². The fraction of sp³-hybridized carbons (Fsp3) is 0.440. The van der Waals surface area contributed by atoms with E-state index >= 15 is 0 Å². The average Bonchev–Trinajstić information content (AvgIpc) is 3.37. The molecule has 0 aliphatic carbocycles. The van der Waals surface area contributed by atoms with Crippen molar-refractivity contribution in [2.45, 2.75) is 57.5 Å². The van der Waals surface area contributed by atoms with E-state index in [-0.39, 0.29) is 41.4 Å². The molecule has 3 N–H and O–H groups in total. The van der Waals surface area contributed by atoms with Crippen molar-refractivity contribution in [3.63, 3.8) is 0 Å². The van der Waals surface area contributed by atoms with Crippen molar-refractivity contribution < 1.29 is 40.7 Å². The smallest absolute Gasteiger partial charge is 0.383 e. The molecule has 1 aromatic carbocycles. The van der Waals surface area contributed by atoms with Crippen molar-refractivity contribution in [1.29, 1.82) is 0 Å². The number of fused-ring (bicyclic) bond motifs is 1. The van der Waals surface area contributed by atoms with E-state index < -0.39 is 41.3 Å². The van der Waals surface area contributed by atoms with Crippen molar-refractivity contribution in [3.8, 4) is 0 Å². The standard InChI is InChI=1S/C25H26F6N6O3/c1-3-36(13(2)15-8-7-14(10-17(15)26)24(27,28)25(29,30)31)23(39)22(38)34-18-11-33-21(32)16-12-37(35-20(16)18)19-6-4-5-9-40-19/h7-8,10-13,19H,3-6,9H2,1-2H3,(H2,32,33)(H,34,38). The molecule has 3 heterocycles. The van der Waals surface area contributed by atoms with Crippen LogP contribution < -0.4 is 11.1 Å². The molecule has 1 saturated heterocycles. The zero-order chi connectivity index (χ0) is 29.4. The highest BCUT2D eigenvalue weighted by Gasteiger charge is 2.58. The van der Waals surface area contributed by atoms with Gasteiger partial charge in [-0.2, -0.15) is 27.1 Å². The van der Waals surface area contributed by atoms with Gasteiger partial charge >= 0.3 is 23.9 Å². The van der Waals surface area contributed by atoms with Gasteiger partial charge in [-0.15, -0.1) is 0 Å². The second kappa shape index (κ2) is 10.9. The number of carbonyl (C=O) groups is 2. The molecule has 0 radical (unpaired) electrons. The van der Waals surface area contributed by atoms with Crippen molar-refractivity contribution in [3.05, 3.63) is 47.5 Å². The molecule has 4 rings (SSSR count). The van der Waals surface area contributed by atoms with Crippen LogP contribution in [0.1, 0.15) is 56.5 Å². The van der Waals surface area contributed by atoms with Gasteiger partial charge in [-0.1, -0.05) is 12.1 Å². The first-order valence-electron chi connectivity index (χ1n) is 12.4. The summed E-state index contributed by atoms with van der Waals surface area (Å²) in [6.45, 7) is 3.24. The Balaban J connectivity index is 1.55. The Morgan fingerprint density at radius 1 is 1.25 bits per heavy atom. The van der Waals surface area contributed by atoms with Crippen LogP contribution >= 0.6 is 0 Å². The van der Waals surface area contributed by atoms with E-state index in [9.17, 15) is 35.9 Å². The van der Waals surface area contributed by atoms with Gasteiger partial charge in [0.15, 0.2) is 0 Å². The number of amides is 2. The number of benzene rings is 1. The van der Waals surface area contributed by atoms with Crippen molar-refractivity contribution >= 4 is 34.2 Å². The minimum Gasteiger partial charge on any atom is -0.383 e. The fourth-order valence-corrected chi connectivity index (χ4v) is 4.51. The Hall–Kier alpha value is -3.88. The van der Waals surface area contributed by atoms with Crippen molar-refractivity contribution in [2.24, 2.45) is 0 Å². The van der Waals surface area contributed by atoms with Crippen LogP contribution in [0.25, 0.3) is 10.9 Å². The van der Waals surface area contributed by atoms with Gasteiger partial charge in [0, 0.05) is 30.5 Å². The molecule has 0 saturated carbocycles. The van der Waals surface area contributed by atoms with E-state index in [4.69, 9.17) is 10.5 Å². The van der Waals surface area contributed by atoms with Crippen LogP contribution in [-0.2, 0) is 20.2 Å². The SMILES string of the molecule is CCN(C(=O)C(=O)Nc1cnc(N)c2cn(C3CCCCO3)nc12)C(C)c1ccc(C(F)(F)C(F)(F)F)cc1F. The van der Waals surface area contributed by atoms with Gasteiger partial charge in [0.2, 0.25) is 0 Å². The largest absolute Gasteiger partial charge is 0.458 e. The lowest BCUT2D eigenvalue weighted by Gasteiger charge is -2.28. The van der Waals surface area contributed by atoms with Gasteiger partial charge in [-0.3, -0.25) is 9.59 Å². The zero-order valence-corrected chi connectivity index (χ0v) is 21.4. The Kier molecular flexibility index (Phi) is 7.97. The Bertz CT molecular complexity index is 1420. The second-order valence-corrected chi connectivity index (χ2v) is 9.28. The molecule has 216 valence electrons.